The number of ether oxygens (including phenoxy) is 2. The Morgan fingerprint density at radius 3 is 2.11 bits per heavy atom. The van der Waals surface area contributed by atoms with E-state index in [0.717, 1.165) is 34.4 Å². The number of alkyl halides is 2. The number of carbonyl (C=O) groups excluding carboxylic acids is 1. The van der Waals surface area contributed by atoms with Crippen LogP contribution < -0.4 is 10.9 Å². The first-order valence-electron chi connectivity index (χ1n) is 18.7. The van der Waals surface area contributed by atoms with Gasteiger partial charge in [0.25, 0.3) is 11.5 Å². The Labute approximate surface area is 349 Å². The van der Waals surface area contributed by atoms with Gasteiger partial charge in [-0.3, -0.25) is 27.9 Å². The summed E-state index contributed by atoms with van der Waals surface area (Å²) in [5.41, 5.74) is -4.45. The molecule has 2 aliphatic rings. The van der Waals surface area contributed by atoms with Crippen molar-refractivity contribution in [1.82, 2.24) is 39.0 Å². The van der Waals surface area contributed by atoms with E-state index in [1.165, 1.54) is 6.08 Å². The fourth-order valence-corrected chi connectivity index (χ4v) is 11.4. The SMILES string of the molecule is C=CCOP(=O)(OCCC#N)[C@@H]1C(COP(=O)(OCCC#N)[C@@H]2[C@H](CO)OC(n3cnc4c(=O)[nH]cnc43)[C@@H]2F)OC(n2cnc3c(NC(=O)c4ccccc4)ncnc32)[C@@H]1F. The molecule has 26 heteroatoms. The number of benzene rings is 1. The maximum Gasteiger partial charge on any atom is 0.339 e. The molecule has 326 valence electrons. The minimum atomic E-state index is -4.94. The molecule has 0 saturated carbocycles. The summed E-state index contributed by atoms with van der Waals surface area (Å²) in [4.78, 5) is 48.3. The molecule has 6 heterocycles. The van der Waals surface area contributed by atoms with E-state index >= 15 is 8.78 Å². The lowest BCUT2D eigenvalue weighted by Crippen LogP contribution is -2.36. The molecule has 5 unspecified atom stereocenters. The van der Waals surface area contributed by atoms with Crippen LogP contribution in [0.5, 0.6) is 0 Å². The first kappa shape index (κ1) is 44.4. The largest absolute Gasteiger partial charge is 0.394 e. The molecular weight excluding hydrogens is 862 g/mol. The van der Waals surface area contributed by atoms with Gasteiger partial charge in [0, 0.05) is 5.56 Å². The van der Waals surface area contributed by atoms with Gasteiger partial charge in [-0.1, -0.05) is 24.3 Å². The number of carbonyl (C=O) groups is 1. The van der Waals surface area contributed by atoms with E-state index in [4.69, 9.17) is 27.6 Å². The number of nitrogens with zero attached hydrogens (tertiary/aromatic N) is 9. The fraction of sp³-hybridized carbons (Fsp3) is 0.417. The van der Waals surface area contributed by atoms with Crippen LogP contribution >= 0.6 is 15.2 Å². The van der Waals surface area contributed by atoms with Gasteiger partial charge in [-0.25, -0.2) is 33.7 Å². The van der Waals surface area contributed by atoms with E-state index in [-0.39, 0.29) is 41.0 Å². The number of aliphatic hydroxyl groups is 1. The maximum absolute atomic E-state index is 17.2. The molecule has 62 heavy (non-hydrogen) atoms. The number of hydrogen-bond acceptors (Lipinski definition) is 18. The molecule has 0 aliphatic carbocycles. The number of imidazole rings is 2. The van der Waals surface area contributed by atoms with Crippen molar-refractivity contribution in [2.75, 3.05) is 38.4 Å². The van der Waals surface area contributed by atoms with E-state index in [9.17, 15) is 34.3 Å². The van der Waals surface area contributed by atoms with E-state index in [0.29, 0.717) is 5.56 Å². The standard InChI is InChI=1S/C36H37F2N11O11P2/c1-2-12-55-61(53,56-13-6-10-39)29-23(60-36(25(29)38)48-19-45-26-30(41-17-42-31(26)48)47-33(51)21-8-4-3-5-9-21)16-58-62(54,57-14-7-11-40)28-22(15-50)59-35(24(28)37)49-20-46-27-32(49)43-18-44-34(27)52/h2-5,8-9,17-20,22-25,28-29,35-36,50H,1,6-7,12-16H2,(H,43,44,52)(H,41,42,47,51)/t22-,23?,24+,25+,28+,29+,35?,36?,61?,62?/m0/s1. The third kappa shape index (κ3) is 8.70. The number of nitriles is 2. The van der Waals surface area contributed by atoms with Gasteiger partial charge in [0.05, 0.1) is 77.0 Å². The minimum Gasteiger partial charge on any atom is -0.394 e. The minimum absolute atomic E-state index is 0.0147. The van der Waals surface area contributed by atoms with Crippen LogP contribution in [-0.4, -0.2) is 119 Å². The summed E-state index contributed by atoms with van der Waals surface area (Å²) in [5, 5.41) is 31.5. The quantitative estimate of drug-likeness (QED) is 0.0602. The zero-order chi connectivity index (χ0) is 44.0. The molecule has 2 aliphatic heterocycles. The summed E-state index contributed by atoms with van der Waals surface area (Å²) in [5.74, 6) is -0.567. The highest BCUT2D eigenvalue weighted by Gasteiger charge is 2.60. The summed E-state index contributed by atoms with van der Waals surface area (Å²) >= 11 is 0. The van der Waals surface area contributed by atoms with Crippen molar-refractivity contribution in [3.05, 3.63) is 84.2 Å². The average molecular weight is 900 g/mol. The third-order valence-electron chi connectivity index (χ3n) is 9.80. The van der Waals surface area contributed by atoms with Crippen LogP contribution in [0, 0.1) is 22.7 Å². The van der Waals surface area contributed by atoms with Gasteiger partial charge in [-0.15, -0.1) is 6.58 Å². The van der Waals surface area contributed by atoms with Crippen molar-refractivity contribution >= 4 is 49.2 Å². The van der Waals surface area contributed by atoms with Crippen LogP contribution in [0.2, 0.25) is 0 Å². The second-order valence-corrected chi connectivity index (χ2v) is 17.9. The molecule has 10 atom stereocenters. The number of fused-ring (bicyclic) bond motifs is 2. The number of rotatable bonds is 19. The number of H-pyrrole nitrogens is 1. The lowest BCUT2D eigenvalue weighted by atomic mass is 10.2. The van der Waals surface area contributed by atoms with Gasteiger partial charge in [0.1, 0.15) is 29.9 Å². The number of nitrogens with one attached hydrogen (secondary N) is 2. The molecule has 3 N–H and O–H groups in total. The molecule has 2 saturated heterocycles. The van der Waals surface area contributed by atoms with Gasteiger partial charge < -0.3 is 43.0 Å². The second kappa shape index (κ2) is 19.2. The summed E-state index contributed by atoms with van der Waals surface area (Å²) < 4.78 is 100. The molecule has 0 bridgehead atoms. The normalized spacial score (nSPS) is 25.5. The Morgan fingerprint density at radius 1 is 0.887 bits per heavy atom. The average Bonchev–Trinajstić information content (AvgIpc) is 4.06. The zero-order valence-corrected chi connectivity index (χ0v) is 34.0. The number of anilines is 1. The van der Waals surface area contributed by atoms with Gasteiger partial charge in [-0.2, -0.15) is 10.5 Å². The summed E-state index contributed by atoms with van der Waals surface area (Å²) in [6.45, 7) is 0.224. The number of halogens is 2. The molecule has 4 aromatic heterocycles. The number of hydrogen-bond donors (Lipinski definition) is 3. The fourth-order valence-electron chi connectivity index (χ4n) is 7.04. The molecule has 0 spiro atoms. The Hall–Kier alpha value is -5.65. The molecular formula is C36H37F2N11O11P2. The lowest BCUT2D eigenvalue weighted by molar-refractivity contribution is -0.0377. The Balaban J connectivity index is 1.23. The van der Waals surface area contributed by atoms with E-state index in [2.05, 4.69) is 41.8 Å². The Bertz CT molecular complexity index is 2660. The van der Waals surface area contributed by atoms with E-state index in [1.807, 2.05) is 12.1 Å². The zero-order valence-electron chi connectivity index (χ0n) is 32.3. The van der Waals surface area contributed by atoms with Crippen molar-refractivity contribution < 1.29 is 55.4 Å². The molecule has 1 aromatic carbocycles. The smallest absolute Gasteiger partial charge is 0.339 e. The number of aromatic nitrogens is 8. The van der Waals surface area contributed by atoms with Crippen LogP contribution in [0.25, 0.3) is 22.3 Å². The highest BCUT2D eigenvalue weighted by atomic mass is 31.2. The first-order chi connectivity index (χ1) is 30.0. The lowest BCUT2D eigenvalue weighted by Gasteiger charge is -2.30. The van der Waals surface area contributed by atoms with E-state index in [1.54, 1.807) is 30.3 Å². The molecule has 0 radical (unpaired) electrons. The third-order valence-corrected chi connectivity index (χ3v) is 14.6. The summed E-state index contributed by atoms with van der Waals surface area (Å²) in [6.07, 6.45) is -6.42. The Morgan fingerprint density at radius 2 is 1.48 bits per heavy atom. The highest BCUT2D eigenvalue weighted by Crippen LogP contribution is 2.64. The molecule has 22 nitrogen and oxygen atoms in total. The summed E-state index contributed by atoms with van der Waals surface area (Å²) in [7, 11) is -9.65. The van der Waals surface area contributed by atoms with Gasteiger partial charge >= 0.3 is 15.2 Å². The van der Waals surface area contributed by atoms with Crippen molar-refractivity contribution in [1.29, 1.82) is 10.5 Å². The number of aliphatic hydroxyl groups excluding tert-OH is 1. The predicted octanol–water partition coefficient (Wildman–Crippen LogP) is 3.88. The number of amides is 1. The topological polar surface area (TPSA) is 294 Å². The van der Waals surface area contributed by atoms with Gasteiger partial charge in [-0.05, 0) is 12.1 Å². The molecule has 7 rings (SSSR count). The monoisotopic (exact) mass is 899 g/mol. The van der Waals surface area contributed by atoms with Crippen LogP contribution in [-0.2, 0) is 36.7 Å². The van der Waals surface area contributed by atoms with E-state index < -0.39 is 108 Å². The Kier molecular flexibility index (Phi) is 13.7. The summed E-state index contributed by atoms with van der Waals surface area (Å²) in [6, 6.07) is 11.8. The molecule has 2 fully saturated rings. The van der Waals surface area contributed by atoms with Crippen LogP contribution in [0.15, 0.2) is 73.1 Å². The van der Waals surface area contributed by atoms with Crippen molar-refractivity contribution in [3.8, 4) is 12.1 Å². The van der Waals surface area contributed by atoms with Crippen molar-refractivity contribution in [2.45, 2.75) is 61.2 Å². The number of aromatic amines is 1. The van der Waals surface area contributed by atoms with Gasteiger partial charge in [0.15, 0.2) is 52.9 Å². The maximum atomic E-state index is 17.2. The van der Waals surface area contributed by atoms with Crippen molar-refractivity contribution in [2.24, 2.45) is 0 Å². The second-order valence-electron chi connectivity index (χ2n) is 13.5. The van der Waals surface area contributed by atoms with Crippen LogP contribution in [0.1, 0.15) is 35.7 Å². The molecule has 5 aromatic rings. The highest BCUT2D eigenvalue weighted by molar-refractivity contribution is 7.55. The first-order valence-corrected chi connectivity index (χ1v) is 22.0. The van der Waals surface area contributed by atoms with Crippen LogP contribution in [0.3, 0.4) is 0 Å². The van der Waals surface area contributed by atoms with Crippen molar-refractivity contribution in [3.63, 3.8) is 0 Å². The molecule has 1 amide bonds. The van der Waals surface area contributed by atoms with Crippen LogP contribution in [0.4, 0.5) is 14.6 Å². The predicted molar refractivity (Wildman–Crippen MR) is 210 cm³/mol. The van der Waals surface area contributed by atoms with Gasteiger partial charge in [0.2, 0.25) is 0 Å².